The zero-order chi connectivity index (χ0) is 22.6. The molecule has 2 aliphatic rings. The third-order valence-electron chi connectivity index (χ3n) is 6.52. The Kier molecular flexibility index (Phi) is 6.16. The molecule has 1 N–H and O–H groups in total. The summed E-state index contributed by atoms with van der Waals surface area (Å²) in [5.41, 5.74) is 5.30. The number of benzene rings is 3. The van der Waals surface area contributed by atoms with E-state index in [1.54, 1.807) is 0 Å². The minimum absolute atomic E-state index is 0.207. The van der Waals surface area contributed by atoms with Crippen molar-refractivity contribution in [3.8, 4) is 5.75 Å². The molecule has 1 aliphatic carbocycles. The van der Waals surface area contributed by atoms with E-state index in [4.69, 9.17) is 9.47 Å². The first-order valence-electron chi connectivity index (χ1n) is 11.7. The highest BCUT2D eigenvalue weighted by atomic mass is 16.5. The fraction of sp³-hybridized carbons (Fsp3) is 0.276. The molecule has 1 heterocycles. The molecule has 4 nitrogen and oxygen atoms in total. The van der Waals surface area contributed by atoms with Gasteiger partial charge in [0.15, 0.2) is 0 Å². The summed E-state index contributed by atoms with van der Waals surface area (Å²) in [6, 6.07) is 24.7. The van der Waals surface area contributed by atoms with Gasteiger partial charge in [0.1, 0.15) is 12.4 Å². The van der Waals surface area contributed by atoms with E-state index in [0.29, 0.717) is 30.6 Å². The molecule has 0 saturated carbocycles. The standard InChI is InChI=1S/C29H29NO3/c1-2-17-32-29(31)22-13-16-27-26(18-22)24-9-6-10-25(24)28(30-27)21-11-14-23(15-12-21)33-19-20-7-4-3-5-8-20/h3-9,11-16,18,24-25,28,30H,2,10,17,19H2,1H3. The van der Waals surface area contributed by atoms with Crippen LogP contribution >= 0.6 is 0 Å². The molecule has 3 unspecified atom stereocenters. The molecule has 1 aliphatic heterocycles. The molecule has 0 aromatic heterocycles. The van der Waals surface area contributed by atoms with Gasteiger partial charge in [-0.2, -0.15) is 0 Å². The molecule has 5 rings (SSSR count). The van der Waals surface area contributed by atoms with Gasteiger partial charge in [-0.25, -0.2) is 4.79 Å². The number of anilines is 1. The lowest BCUT2D eigenvalue weighted by molar-refractivity contribution is 0.0505. The smallest absolute Gasteiger partial charge is 0.338 e. The number of hydrogen-bond acceptors (Lipinski definition) is 4. The van der Waals surface area contributed by atoms with E-state index in [0.717, 1.165) is 29.8 Å². The molecule has 0 bridgehead atoms. The molecule has 168 valence electrons. The number of esters is 1. The van der Waals surface area contributed by atoms with E-state index in [1.165, 1.54) is 11.1 Å². The van der Waals surface area contributed by atoms with Gasteiger partial charge in [0.2, 0.25) is 0 Å². The summed E-state index contributed by atoms with van der Waals surface area (Å²) in [6.45, 7) is 3.01. The second kappa shape index (κ2) is 9.53. The van der Waals surface area contributed by atoms with Gasteiger partial charge in [-0.05, 0) is 65.8 Å². The van der Waals surface area contributed by atoms with Crippen molar-refractivity contribution in [3.63, 3.8) is 0 Å². The average molecular weight is 440 g/mol. The largest absolute Gasteiger partial charge is 0.489 e. The summed E-state index contributed by atoms with van der Waals surface area (Å²) >= 11 is 0. The molecule has 3 atom stereocenters. The monoisotopic (exact) mass is 439 g/mol. The van der Waals surface area contributed by atoms with Crippen molar-refractivity contribution in [2.24, 2.45) is 5.92 Å². The summed E-state index contributed by atoms with van der Waals surface area (Å²) in [5, 5.41) is 3.74. The van der Waals surface area contributed by atoms with Crippen LogP contribution < -0.4 is 10.1 Å². The number of carbonyl (C=O) groups excluding carboxylic acids is 1. The summed E-state index contributed by atoms with van der Waals surface area (Å²) in [4.78, 5) is 12.4. The van der Waals surface area contributed by atoms with Crippen LogP contribution in [-0.2, 0) is 11.3 Å². The van der Waals surface area contributed by atoms with Crippen LogP contribution in [0.4, 0.5) is 5.69 Å². The number of allylic oxidation sites excluding steroid dienone is 2. The topological polar surface area (TPSA) is 47.6 Å². The van der Waals surface area contributed by atoms with Crippen LogP contribution in [0.25, 0.3) is 0 Å². The number of carbonyl (C=O) groups is 1. The van der Waals surface area contributed by atoms with Crippen molar-refractivity contribution in [2.45, 2.75) is 38.3 Å². The number of fused-ring (bicyclic) bond motifs is 3. The third-order valence-corrected chi connectivity index (χ3v) is 6.52. The minimum Gasteiger partial charge on any atom is -0.489 e. The molecule has 0 radical (unpaired) electrons. The fourth-order valence-electron chi connectivity index (χ4n) is 4.84. The number of nitrogens with one attached hydrogen (secondary N) is 1. The van der Waals surface area contributed by atoms with Crippen LogP contribution in [0.15, 0.2) is 84.9 Å². The summed E-state index contributed by atoms with van der Waals surface area (Å²) < 4.78 is 11.3. The van der Waals surface area contributed by atoms with Crippen molar-refractivity contribution >= 4 is 11.7 Å². The van der Waals surface area contributed by atoms with Gasteiger partial charge < -0.3 is 14.8 Å². The second-order valence-electron chi connectivity index (χ2n) is 8.76. The van der Waals surface area contributed by atoms with E-state index in [-0.39, 0.29) is 12.0 Å². The molecule has 3 aromatic carbocycles. The Morgan fingerprint density at radius 1 is 1.03 bits per heavy atom. The highest BCUT2D eigenvalue weighted by molar-refractivity contribution is 5.90. The van der Waals surface area contributed by atoms with E-state index < -0.39 is 0 Å². The quantitative estimate of drug-likeness (QED) is 0.330. The normalized spacial score (nSPS) is 20.5. The lowest BCUT2D eigenvalue weighted by Crippen LogP contribution is -2.29. The first kappa shape index (κ1) is 21.3. The zero-order valence-corrected chi connectivity index (χ0v) is 18.9. The molecule has 4 heteroatoms. The first-order valence-corrected chi connectivity index (χ1v) is 11.7. The van der Waals surface area contributed by atoms with E-state index in [2.05, 4.69) is 53.9 Å². The Labute approximate surface area is 195 Å². The summed E-state index contributed by atoms with van der Waals surface area (Å²) in [7, 11) is 0. The highest BCUT2D eigenvalue weighted by Crippen LogP contribution is 2.50. The molecule has 0 spiro atoms. The Balaban J connectivity index is 1.33. The predicted molar refractivity (Wildman–Crippen MR) is 131 cm³/mol. The average Bonchev–Trinajstić information content (AvgIpc) is 3.37. The van der Waals surface area contributed by atoms with Crippen molar-refractivity contribution in [1.82, 2.24) is 0 Å². The first-order chi connectivity index (χ1) is 16.2. The summed E-state index contributed by atoms with van der Waals surface area (Å²) in [5.74, 6) is 1.33. The van der Waals surface area contributed by atoms with Crippen LogP contribution in [0.2, 0.25) is 0 Å². The van der Waals surface area contributed by atoms with Crippen molar-refractivity contribution in [3.05, 3.63) is 107 Å². The lowest BCUT2D eigenvalue weighted by atomic mass is 9.76. The zero-order valence-electron chi connectivity index (χ0n) is 18.9. The maximum atomic E-state index is 12.4. The maximum absolute atomic E-state index is 12.4. The van der Waals surface area contributed by atoms with E-state index in [9.17, 15) is 4.79 Å². The van der Waals surface area contributed by atoms with Crippen LogP contribution in [0.3, 0.4) is 0 Å². The van der Waals surface area contributed by atoms with Gasteiger partial charge in [0.05, 0.1) is 18.2 Å². The lowest BCUT2D eigenvalue weighted by Gasteiger charge is -2.37. The Morgan fingerprint density at radius 2 is 1.85 bits per heavy atom. The van der Waals surface area contributed by atoms with Gasteiger partial charge in [0, 0.05) is 11.6 Å². The predicted octanol–water partition coefficient (Wildman–Crippen LogP) is 6.66. The third kappa shape index (κ3) is 4.51. The SMILES string of the molecule is CCCOC(=O)c1ccc2c(c1)C1C=CCC1C(c1ccc(OCc3ccccc3)cc1)N2. The van der Waals surface area contributed by atoms with Crippen LogP contribution in [-0.4, -0.2) is 12.6 Å². The molecule has 3 aromatic rings. The Bertz CT molecular complexity index is 1140. The van der Waals surface area contributed by atoms with Gasteiger partial charge in [-0.15, -0.1) is 0 Å². The maximum Gasteiger partial charge on any atom is 0.338 e. The second-order valence-corrected chi connectivity index (χ2v) is 8.76. The Hall–Kier alpha value is -3.53. The highest BCUT2D eigenvalue weighted by Gasteiger charge is 2.38. The fourth-order valence-corrected chi connectivity index (χ4v) is 4.84. The van der Waals surface area contributed by atoms with E-state index >= 15 is 0 Å². The van der Waals surface area contributed by atoms with Gasteiger partial charge in [-0.1, -0.05) is 61.5 Å². The van der Waals surface area contributed by atoms with Gasteiger partial charge >= 0.3 is 5.97 Å². The molecule has 0 fully saturated rings. The van der Waals surface area contributed by atoms with E-state index in [1.807, 2.05) is 43.3 Å². The Morgan fingerprint density at radius 3 is 2.64 bits per heavy atom. The van der Waals surface area contributed by atoms with Gasteiger partial charge in [-0.3, -0.25) is 0 Å². The van der Waals surface area contributed by atoms with Crippen molar-refractivity contribution < 1.29 is 14.3 Å². The summed E-state index contributed by atoms with van der Waals surface area (Å²) in [6.07, 6.45) is 6.39. The molecular formula is C29H29NO3. The molecule has 33 heavy (non-hydrogen) atoms. The van der Waals surface area contributed by atoms with Crippen molar-refractivity contribution in [2.75, 3.05) is 11.9 Å². The molecule has 0 amide bonds. The molecular weight excluding hydrogens is 410 g/mol. The van der Waals surface area contributed by atoms with Gasteiger partial charge in [0.25, 0.3) is 0 Å². The minimum atomic E-state index is -0.244. The number of hydrogen-bond donors (Lipinski definition) is 1. The number of rotatable bonds is 7. The van der Waals surface area contributed by atoms with Crippen LogP contribution in [0, 0.1) is 5.92 Å². The van der Waals surface area contributed by atoms with Crippen LogP contribution in [0.1, 0.15) is 58.8 Å². The van der Waals surface area contributed by atoms with Crippen LogP contribution in [0.5, 0.6) is 5.75 Å². The van der Waals surface area contributed by atoms with Crippen molar-refractivity contribution in [1.29, 1.82) is 0 Å². The molecule has 0 saturated heterocycles. The number of ether oxygens (including phenoxy) is 2.